The number of Topliss-reactive ketones (excluding diaryl/α,β-unsaturated/α-hetero) is 2. The summed E-state index contributed by atoms with van der Waals surface area (Å²) >= 11 is 0. The molecule has 0 aliphatic carbocycles. The lowest BCUT2D eigenvalue weighted by molar-refractivity contribution is -0.131. The van der Waals surface area contributed by atoms with Gasteiger partial charge in [0.25, 0.3) is 0 Å². The van der Waals surface area contributed by atoms with Crippen LogP contribution in [0, 0.1) is 5.92 Å². The number of rotatable bonds is 5. The van der Waals surface area contributed by atoms with E-state index in [1.54, 1.807) is 42.5 Å². The number of nitrogens with one attached hydrogen (secondary N) is 1. The van der Waals surface area contributed by atoms with E-state index in [4.69, 9.17) is 4.74 Å². The third kappa shape index (κ3) is 3.65. The number of pyridine rings is 1. The van der Waals surface area contributed by atoms with E-state index < -0.39 is 35.2 Å². The number of hydrogen-bond acceptors (Lipinski definition) is 7. The minimum atomic E-state index is -1.41. The van der Waals surface area contributed by atoms with E-state index in [0.717, 1.165) is 11.3 Å². The number of benzene rings is 3. The van der Waals surface area contributed by atoms with Gasteiger partial charge in [-0.05, 0) is 59.7 Å². The monoisotopic (exact) mass is 555 g/mol. The lowest BCUT2D eigenvalue weighted by Crippen LogP contribution is -2.51. The molecule has 1 N–H and O–H groups in total. The summed E-state index contributed by atoms with van der Waals surface area (Å²) in [5.74, 6) is -2.34. The van der Waals surface area contributed by atoms with Gasteiger partial charge < -0.3 is 15.0 Å². The van der Waals surface area contributed by atoms with Crippen LogP contribution in [0.3, 0.4) is 0 Å². The SMILES string of the molecule is CC(=O)Oc1ccc(C(=O)[C@@H]2[C@H](C(=O)c3ccccn3)[C@@]3(C(=O)Nc4ccccc43)[C@H]3C=Cc4ccccc4N23)cc1. The van der Waals surface area contributed by atoms with Crippen molar-refractivity contribution in [3.63, 3.8) is 0 Å². The van der Waals surface area contributed by atoms with Crippen LogP contribution in [0.25, 0.3) is 6.08 Å². The highest BCUT2D eigenvalue weighted by molar-refractivity contribution is 6.18. The summed E-state index contributed by atoms with van der Waals surface area (Å²) in [4.78, 5) is 61.4. The first-order valence-electron chi connectivity index (χ1n) is 13.7. The van der Waals surface area contributed by atoms with Crippen LogP contribution in [0.5, 0.6) is 5.75 Å². The summed E-state index contributed by atoms with van der Waals surface area (Å²) < 4.78 is 5.17. The van der Waals surface area contributed by atoms with Gasteiger partial charge in [0.05, 0.1) is 12.0 Å². The summed E-state index contributed by atoms with van der Waals surface area (Å²) in [6.45, 7) is 1.30. The molecule has 1 aromatic heterocycles. The number of ether oxygens (including phenoxy) is 1. The summed E-state index contributed by atoms with van der Waals surface area (Å²) in [6, 6.07) is 24.6. The zero-order valence-corrected chi connectivity index (χ0v) is 22.6. The predicted molar refractivity (Wildman–Crippen MR) is 156 cm³/mol. The Morgan fingerprint density at radius 2 is 1.62 bits per heavy atom. The molecule has 3 aliphatic rings. The largest absolute Gasteiger partial charge is 0.427 e. The second-order valence-electron chi connectivity index (χ2n) is 10.6. The van der Waals surface area contributed by atoms with Gasteiger partial charge in [-0.1, -0.05) is 54.6 Å². The molecule has 1 spiro atoms. The number of carbonyl (C=O) groups excluding carboxylic acids is 4. The molecule has 4 heterocycles. The van der Waals surface area contributed by atoms with Gasteiger partial charge in [0, 0.05) is 30.1 Å². The van der Waals surface area contributed by atoms with Crippen LogP contribution >= 0.6 is 0 Å². The first kappa shape index (κ1) is 25.6. The van der Waals surface area contributed by atoms with Gasteiger partial charge in [-0.3, -0.25) is 24.2 Å². The number of carbonyl (C=O) groups is 4. The van der Waals surface area contributed by atoms with Gasteiger partial charge in [-0.25, -0.2) is 0 Å². The Morgan fingerprint density at radius 3 is 2.38 bits per heavy atom. The van der Waals surface area contributed by atoms with E-state index in [2.05, 4.69) is 10.3 Å². The first-order valence-corrected chi connectivity index (χ1v) is 13.7. The molecule has 3 aliphatic heterocycles. The van der Waals surface area contributed by atoms with Crippen molar-refractivity contribution in [2.75, 3.05) is 10.2 Å². The topological polar surface area (TPSA) is 106 Å². The molecule has 0 unspecified atom stereocenters. The molecule has 0 saturated carbocycles. The maximum absolute atomic E-state index is 14.7. The maximum Gasteiger partial charge on any atom is 0.308 e. The number of esters is 1. The van der Waals surface area contributed by atoms with Crippen molar-refractivity contribution >= 4 is 40.9 Å². The van der Waals surface area contributed by atoms with Crippen molar-refractivity contribution < 1.29 is 23.9 Å². The van der Waals surface area contributed by atoms with Crippen LogP contribution in [0.2, 0.25) is 0 Å². The van der Waals surface area contributed by atoms with Crippen molar-refractivity contribution in [3.8, 4) is 5.75 Å². The molecule has 206 valence electrons. The number of fused-ring (bicyclic) bond motifs is 6. The first-order chi connectivity index (χ1) is 20.4. The minimum Gasteiger partial charge on any atom is -0.427 e. The van der Waals surface area contributed by atoms with Gasteiger partial charge in [-0.2, -0.15) is 0 Å². The van der Waals surface area contributed by atoms with Crippen molar-refractivity contribution in [2.45, 2.75) is 24.4 Å². The molecule has 8 heteroatoms. The summed E-state index contributed by atoms with van der Waals surface area (Å²) in [5, 5.41) is 3.02. The summed E-state index contributed by atoms with van der Waals surface area (Å²) in [6.07, 6.45) is 5.42. The van der Waals surface area contributed by atoms with Crippen LogP contribution in [0.4, 0.5) is 11.4 Å². The fourth-order valence-electron chi connectivity index (χ4n) is 6.81. The number of aromatic nitrogens is 1. The molecule has 7 rings (SSSR count). The van der Waals surface area contributed by atoms with Crippen LogP contribution in [-0.4, -0.2) is 40.5 Å². The van der Waals surface area contributed by atoms with E-state index in [0.29, 0.717) is 22.6 Å². The average Bonchev–Trinajstić information content (AvgIpc) is 3.49. The molecule has 4 aromatic rings. The van der Waals surface area contributed by atoms with Crippen LogP contribution in [0.1, 0.15) is 38.9 Å². The molecule has 8 nitrogen and oxygen atoms in total. The number of ketones is 2. The smallest absolute Gasteiger partial charge is 0.308 e. The second-order valence-corrected chi connectivity index (χ2v) is 10.6. The fraction of sp³-hybridized carbons (Fsp3) is 0.147. The highest BCUT2D eigenvalue weighted by atomic mass is 16.5. The van der Waals surface area contributed by atoms with Gasteiger partial charge >= 0.3 is 5.97 Å². The molecule has 1 amide bonds. The Bertz CT molecular complexity index is 1800. The maximum atomic E-state index is 14.7. The standard InChI is InChI=1S/C34H25N3O5/c1-20(38)42-23-16-13-22(14-17-23)31(39)30-29(32(40)26-11-6-7-19-35-26)34(24-9-3-4-10-25(24)36-33(34)41)28-18-15-21-8-2-5-12-27(21)37(28)30/h2-19,28-30H,1H3,(H,36,41)/t28-,29-,30+,34+/m1/s1. The van der Waals surface area contributed by atoms with Gasteiger partial charge in [0.2, 0.25) is 5.91 Å². The zero-order valence-electron chi connectivity index (χ0n) is 22.6. The van der Waals surface area contributed by atoms with Crippen LogP contribution in [0.15, 0.2) is 103 Å². The van der Waals surface area contributed by atoms with Gasteiger partial charge in [-0.15, -0.1) is 0 Å². The summed E-state index contributed by atoms with van der Waals surface area (Å²) in [7, 11) is 0. The van der Waals surface area contributed by atoms with E-state index in [-0.39, 0.29) is 17.4 Å². The zero-order chi connectivity index (χ0) is 29.0. The third-order valence-corrected chi connectivity index (χ3v) is 8.41. The molecule has 4 atom stereocenters. The van der Waals surface area contributed by atoms with E-state index in [9.17, 15) is 19.2 Å². The van der Waals surface area contributed by atoms with E-state index in [1.165, 1.54) is 13.1 Å². The number of amides is 1. The Kier molecular flexibility index (Phi) is 5.86. The molecule has 3 aromatic carbocycles. The molecular formula is C34H25N3O5. The molecule has 0 bridgehead atoms. The molecular weight excluding hydrogens is 530 g/mol. The molecule has 0 radical (unpaired) electrons. The summed E-state index contributed by atoms with van der Waals surface area (Å²) in [5.41, 5.74) is 2.02. The molecule has 42 heavy (non-hydrogen) atoms. The minimum absolute atomic E-state index is 0.180. The number of anilines is 2. The van der Waals surface area contributed by atoms with E-state index >= 15 is 0 Å². The Morgan fingerprint density at radius 1 is 0.881 bits per heavy atom. The van der Waals surface area contributed by atoms with Crippen molar-refractivity contribution in [1.82, 2.24) is 4.98 Å². The lowest BCUT2D eigenvalue weighted by atomic mass is 9.64. The fourth-order valence-corrected chi connectivity index (χ4v) is 6.81. The predicted octanol–water partition coefficient (Wildman–Crippen LogP) is 4.86. The third-order valence-electron chi connectivity index (χ3n) is 8.41. The molecule has 1 fully saturated rings. The van der Waals surface area contributed by atoms with Gasteiger partial charge in [0.15, 0.2) is 11.6 Å². The lowest BCUT2D eigenvalue weighted by Gasteiger charge is -2.37. The number of hydrogen-bond donors (Lipinski definition) is 1. The highest BCUT2D eigenvalue weighted by Crippen LogP contribution is 2.58. The highest BCUT2D eigenvalue weighted by Gasteiger charge is 2.70. The van der Waals surface area contributed by atoms with Crippen molar-refractivity contribution in [2.24, 2.45) is 5.92 Å². The average molecular weight is 556 g/mol. The Hall–Kier alpha value is -5.37. The van der Waals surface area contributed by atoms with Crippen LogP contribution < -0.4 is 15.0 Å². The van der Waals surface area contributed by atoms with Crippen molar-refractivity contribution in [3.05, 3.63) is 126 Å². The Labute approximate surface area is 241 Å². The Balaban J connectivity index is 1.48. The van der Waals surface area contributed by atoms with Crippen LogP contribution in [-0.2, 0) is 15.0 Å². The number of nitrogens with zero attached hydrogens (tertiary/aromatic N) is 2. The van der Waals surface area contributed by atoms with Crippen molar-refractivity contribution in [1.29, 1.82) is 0 Å². The molecule has 1 saturated heterocycles. The van der Waals surface area contributed by atoms with Gasteiger partial charge in [0.1, 0.15) is 22.9 Å². The second kappa shape index (κ2) is 9.62. The number of para-hydroxylation sites is 2. The van der Waals surface area contributed by atoms with E-state index in [1.807, 2.05) is 65.6 Å². The normalized spacial score (nSPS) is 23.1. The quantitative estimate of drug-likeness (QED) is 0.213.